The van der Waals surface area contributed by atoms with Gasteiger partial charge in [0.15, 0.2) is 0 Å². The Kier molecular flexibility index (Phi) is 3.76. The fraction of sp³-hybridized carbons (Fsp3) is 0.455. The molecule has 0 aliphatic carbocycles. The van der Waals surface area contributed by atoms with Gasteiger partial charge in [0.05, 0.1) is 6.61 Å². The molecule has 0 bridgehead atoms. The van der Waals surface area contributed by atoms with Gasteiger partial charge in [0.2, 0.25) is 0 Å². The first-order chi connectivity index (χ1) is 6.19. The number of halogens is 1. The van der Waals surface area contributed by atoms with E-state index < -0.39 is 0 Å². The lowest BCUT2D eigenvalue weighted by molar-refractivity contribution is 0.282. The molecule has 13 heavy (non-hydrogen) atoms. The van der Waals surface area contributed by atoms with Crippen molar-refractivity contribution >= 4 is 11.6 Å². The second-order valence-electron chi connectivity index (χ2n) is 3.32. The third kappa shape index (κ3) is 2.45. The van der Waals surface area contributed by atoms with E-state index in [4.69, 9.17) is 16.7 Å². The van der Waals surface area contributed by atoms with E-state index in [1.165, 1.54) is 5.56 Å². The molecule has 1 unspecified atom stereocenters. The molecule has 0 amide bonds. The molecule has 0 saturated carbocycles. The zero-order valence-electron chi connectivity index (χ0n) is 8.05. The highest BCUT2D eigenvalue weighted by molar-refractivity contribution is 6.31. The zero-order chi connectivity index (χ0) is 9.84. The molecule has 0 aliphatic heterocycles. The van der Waals surface area contributed by atoms with Crippen LogP contribution in [0.4, 0.5) is 0 Å². The molecule has 1 atom stereocenters. The van der Waals surface area contributed by atoms with E-state index in [1.54, 1.807) is 0 Å². The second kappa shape index (κ2) is 4.64. The Morgan fingerprint density at radius 3 is 2.62 bits per heavy atom. The fourth-order valence-electron chi connectivity index (χ4n) is 1.29. The largest absolute Gasteiger partial charge is 0.392 e. The van der Waals surface area contributed by atoms with Gasteiger partial charge in [-0.15, -0.1) is 0 Å². The fourth-order valence-corrected chi connectivity index (χ4v) is 1.68. The Labute approximate surface area is 84.4 Å². The molecule has 72 valence electrons. The maximum absolute atomic E-state index is 8.89. The normalized spacial score (nSPS) is 12.9. The molecule has 2 heteroatoms. The lowest BCUT2D eigenvalue weighted by Gasteiger charge is -2.11. The molecule has 0 saturated heterocycles. The van der Waals surface area contributed by atoms with E-state index in [2.05, 4.69) is 13.8 Å². The van der Waals surface area contributed by atoms with E-state index in [-0.39, 0.29) is 6.61 Å². The maximum atomic E-state index is 8.89. The molecule has 1 nitrogen and oxygen atoms in total. The van der Waals surface area contributed by atoms with Crippen LogP contribution in [0.25, 0.3) is 0 Å². The predicted octanol–water partition coefficient (Wildman–Crippen LogP) is 3.35. The van der Waals surface area contributed by atoms with Crippen molar-refractivity contribution < 1.29 is 5.11 Å². The minimum Gasteiger partial charge on any atom is -0.392 e. The van der Waals surface area contributed by atoms with Gasteiger partial charge in [-0.2, -0.15) is 0 Å². The number of rotatable bonds is 3. The topological polar surface area (TPSA) is 20.2 Å². The summed E-state index contributed by atoms with van der Waals surface area (Å²) in [7, 11) is 0. The lowest BCUT2D eigenvalue weighted by Crippen LogP contribution is -1.94. The van der Waals surface area contributed by atoms with Gasteiger partial charge in [-0.1, -0.05) is 37.6 Å². The Balaban J connectivity index is 2.98. The van der Waals surface area contributed by atoms with Crippen molar-refractivity contribution in [2.75, 3.05) is 0 Å². The summed E-state index contributed by atoms with van der Waals surface area (Å²) in [5, 5.41) is 9.65. The number of aliphatic hydroxyl groups excluding tert-OH is 1. The zero-order valence-corrected chi connectivity index (χ0v) is 8.80. The highest BCUT2D eigenvalue weighted by atomic mass is 35.5. The summed E-state index contributed by atoms with van der Waals surface area (Å²) in [6, 6.07) is 5.76. The van der Waals surface area contributed by atoms with Crippen LogP contribution in [-0.4, -0.2) is 5.11 Å². The molecule has 0 spiro atoms. The highest BCUT2D eigenvalue weighted by Crippen LogP contribution is 2.27. The van der Waals surface area contributed by atoms with Crippen LogP contribution in [0.2, 0.25) is 5.02 Å². The van der Waals surface area contributed by atoms with Gasteiger partial charge in [0.25, 0.3) is 0 Å². The molecule has 0 heterocycles. The molecular weight excluding hydrogens is 184 g/mol. The van der Waals surface area contributed by atoms with Crippen LogP contribution in [0.15, 0.2) is 18.2 Å². The molecule has 1 aromatic rings. The van der Waals surface area contributed by atoms with Crippen LogP contribution in [0.1, 0.15) is 37.3 Å². The van der Waals surface area contributed by atoms with Gasteiger partial charge in [0, 0.05) is 5.02 Å². The molecule has 0 radical (unpaired) electrons. The van der Waals surface area contributed by atoms with Crippen LogP contribution < -0.4 is 0 Å². The van der Waals surface area contributed by atoms with E-state index >= 15 is 0 Å². The Bertz CT molecular complexity index is 283. The highest BCUT2D eigenvalue weighted by Gasteiger charge is 2.07. The summed E-state index contributed by atoms with van der Waals surface area (Å²) < 4.78 is 0. The van der Waals surface area contributed by atoms with E-state index in [0.29, 0.717) is 5.92 Å². The molecular formula is C11H15ClO. The first kappa shape index (κ1) is 10.6. The summed E-state index contributed by atoms with van der Waals surface area (Å²) in [5.41, 5.74) is 2.04. The van der Waals surface area contributed by atoms with Crippen molar-refractivity contribution in [2.45, 2.75) is 32.8 Å². The van der Waals surface area contributed by atoms with Crippen molar-refractivity contribution in [1.29, 1.82) is 0 Å². The SMILES string of the molecule is CCC(C)c1ccc(CO)cc1Cl. The van der Waals surface area contributed by atoms with Gasteiger partial charge in [-0.3, -0.25) is 0 Å². The Morgan fingerprint density at radius 1 is 1.46 bits per heavy atom. The minimum atomic E-state index is 0.0561. The predicted molar refractivity (Wildman–Crippen MR) is 56.1 cm³/mol. The van der Waals surface area contributed by atoms with Crippen molar-refractivity contribution in [3.8, 4) is 0 Å². The van der Waals surface area contributed by atoms with Crippen LogP contribution >= 0.6 is 11.6 Å². The molecule has 1 N–H and O–H groups in total. The summed E-state index contributed by atoms with van der Waals surface area (Å²) in [4.78, 5) is 0. The minimum absolute atomic E-state index is 0.0561. The van der Waals surface area contributed by atoms with Gasteiger partial charge in [0.1, 0.15) is 0 Å². The third-order valence-corrected chi connectivity index (χ3v) is 2.72. The van der Waals surface area contributed by atoms with Gasteiger partial charge < -0.3 is 5.11 Å². The van der Waals surface area contributed by atoms with Crippen LogP contribution in [0.3, 0.4) is 0 Å². The summed E-state index contributed by atoms with van der Waals surface area (Å²) in [5.74, 6) is 0.486. The van der Waals surface area contributed by atoms with Gasteiger partial charge in [-0.25, -0.2) is 0 Å². The van der Waals surface area contributed by atoms with Crippen LogP contribution in [0, 0.1) is 0 Å². The molecule has 0 aliphatic rings. The Morgan fingerprint density at radius 2 is 2.15 bits per heavy atom. The second-order valence-corrected chi connectivity index (χ2v) is 3.73. The third-order valence-electron chi connectivity index (χ3n) is 2.39. The van der Waals surface area contributed by atoms with Gasteiger partial charge >= 0.3 is 0 Å². The lowest BCUT2D eigenvalue weighted by atomic mass is 9.97. The number of aliphatic hydroxyl groups is 1. The van der Waals surface area contributed by atoms with Crippen molar-refractivity contribution in [3.63, 3.8) is 0 Å². The quantitative estimate of drug-likeness (QED) is 0.790. The van der Waals surface area contributed by atoms with Crippen molar-refractivity contribution in [1.82, 2.24) is 0 Å². The molecule has 0 aromatic heterocycles. The summed E-state index contributed by atoms with van der Waals surface area (Å²) >= 11 is 6.07. The average molecular weight is 199 g/mol. The smallest absolute Gasteiger partial charge is 0.0682 e. The monoisotopic (exact) mass is 198 g/mol. The van der Waals surface area contributed by atoms with E-state index in [0.717, 1.165) is 17.0 Å². The first-order valence-electron chi connectivity index (χ1n) is 4.58. The van der Waals surface area contributed by atoms with Crippen molar-refractivity contribution in [2.24, 2.45) is 0 Å². The molecule has 1 rings (SSSR count). The first-order valence-corrected chi connectivity index (χ1v) is 4.96. The number of hydrogen-bond donors (Lipinski definition) is 1. The average Bonchev–Trinajstić information content (AvgIpc) is 2.16. The van der Waals surface area contributed by atoms with E-state index in [9.17, 15) is 0 Å². The van der Waals surface area contributed by atoms with Gasteiger partial charge in [-0.05, 0) is 29.5 Å². The Hall–Kier alpha value is -0.530. The summed E-state index contributed by atoms with van der Waals surface area (Å²) in [6.07, 6.45) is 1.08. The number of hydrogen-bond acceptors (Lipinski definition) is 1. The molecule has 1 aromatic carbocycles. The molecule has 0 fully saturated rings. The van der Waals surface area contributed by atoms with Crippen LogP contribution in [-0.2, 0) is 6.61 Å². The van der Waals surface area contributed by atoms with Crippen LogP contribution in [0.5, 0.6) is 0 Å². The standard InChI is InChI=1S/C11H15ClO/c1-3-8(2)10-5-4-9(7-13)6-11(10)12/h4-6,8,13H,3,7H2,1-2H3. The van der Waals surface area contributed by atoms with Crippen molar-refractivity contribution in [3.05, 3.63) is 34.3 Å². The summed E-state index contributed by atoms with van der Waals surface area (Å²) in [6.45, 7) is 4.35. The number of benzene rings is 1. The maximum Gasteiger partial charge on any atom is 0.0682 e. The van der Waals surface area contributed by atoms with E-state index in [1.807, 2.05) is 18.2 Å².